The molecule has 4 heteroatoms. The molecule has 1 saturated carbocycles. The van der Waals surface area contributed by atoms with Crippen LogP contribution in [0.1, 0.15) is 38.2 Å². The summed E-state index contributed by atoms with van der Waals surface area (Å²) in [5, 5.41) is 3.57. The Morgan fingerprint density at radius 1 is 1.33 bits per heavy atom. The fourth-order valence-corrected chi connectivity index (χ4v) is 3.67. The van der Waals surface area contributed by atoms with Gasteiger partial charge < -0.3 is 15.0 Å². The van der Waals surface area contributed by atoms with Gasteiger partial charge in [-0.15, -0.1) is 0 Å². The lowest BCUT2D eigenvalue weighted by Crippen LogP contribution is -2.39. The molecule has 1 heterocycles. The van der Waals surface area contributed by atoms with Crippen molar-refractivity contribution in [2.45, 2.75) is 51.3 Å². The maximum atomic E-state index is 5.80. The topological polar surface area (TPSA) is 24.5 Å². The highest BCUT2D eigenvalue weighted by Gasteiger charge is 2.22. The number of piperidine rings is 1. The second kappa shape index (κ2) is 7.12. The Bertz CT molecular complexity index is 474. The molecule has 0 amide bonds. The van der Waals surface area contributed by atoms with Crippen LogP contribution >= 0.6 is 15.9 Å². The maximum absolute atomic E-state index is 5.80. The zero-order valence-electron chi connectivity index (χ0n) is 12.8. The van der Waals surface area contributed by atoms with Crippen LogP contribution in [0.4, 0.5) is 5.69 Å². The van der Waals surface area contributed by atoms with Crippen molar-refractivity contribution < 1.29 is 4.74 Å². The summed E-state index contributed by atoms with van der Waals surface area (Å²) in [4.78, 5) is 2.45. The SMILES string of the molecule is CCOC1CCCN(c2ccc(CNC3CC3)cc2Br)C1. The highest BCUT2D eigenvalue weighted by atomic mass is 79.9. The molecular formula is C17H25BrN2O. The van der Waals surface area contributed by atoms with Crippen molar-refractivity contribution in [3.8, 4) is 0 Å². The van der Waals surface area contributed by atoms with E-state index in [2.05, 4.69) is 51.3 Å². The van der Waals surface area contributed by atoms with Gasteiger partial charge in [0.05, 0.1) is 11.8 Å². The van der Waals surface area contributed by atoms with Gasteiger partial charge in [0.1, 0.15) is 0 Å². The third-order valence-corrected chi connectivity index (χ3v) is 4.94. The number of hydrogen-bond acceptors (Lipinski definition) is 3. The quantitative estimate of drug-likeness (QED) is 0.844. The first-order valence-electron chi connectivity index (χ1n) is 8.14. The van der Waals surface area contributed by atoms with E-state index in [9.17, 15) is 0 Å². The summed E-state index contributed by atoms with van der Waals surface area (Å²) in [6.07, 6.45) is 5.46. The zero-order valence-corrected chi connectivity index (χ0v) is 14.4. The molecule has 1 unspecified atom stereocenters. The summed E-state index contributed by atoms with van der Waals surface area (Å²) < 4.78 is 7.01. The lowest BCUT2D eigenvalue weighted by atomic mass is 10.1. The van der Waals surface area contributed by atoms with Crippen LogP contribution in [0.25, 0.3) is 0 Å². The smallest absolute Gasteiger partial charge is 0.0750 e. The van der Waals surface area contributed by atoms with E-state index in [-0.39, 0.29) is 0 Å². The summed E-state index contributed by atoms with van der Waals surface area (Å²) in [6, 6.07) is 7.52. The van der Waals surface area contributed by atoms with Gasteiger partial charge in [-0.25, -0.2) is 0 Å². The van der Waals surface area contributed by atoms with Crippen LogP contribution < -0.4 is 10.2 Å². The van der Waals surface area contributed by atoms with E-state index in [0.29, 0.717) is 6.10 Å². The van der Waals surface area contributed by atoms with E-state index in [4.69, 9.17) is 4.74 Å². The molecule has 116 valence electrons. The zero-order chi connectivity index (χ0) is 14.7. The summed E-state index contributed by atoms with van der Waals surface area (Å²) >= 11 is 3.75. The number of nitrogens with zero attached hydrogens (tertiary/aromatic N) is 1. The lowest BCUT2D eigenvalue weighted by molar-refractivity contribution is 0.0526. The van der Waals surface area contributed by atoms with E-state index < -0.39 is 0 Å². The molecule has 3 rings (SSSR count). The number of nitrogens with one attached hydrogen (secondary N) is 1. The minimum Gasteiger partial charge on any atom is -0.377 e. The number of anilines is 1. The molecular weight excluding hydrogens is 328 g/mol. The minimum absolute atomic E-state index is 0.381. The Labute approximate surface area is 136 Å². The summed E-state index contributed by atoms with van der Waals surface area (Å²) in [6.45, 7) is 6.00. The first-order chi connectivity index (χ1) is 10.3. The maximum Gasteiger partial charge on any atom is 0.0750 e. The van der Waals surface area contributed by atoms with Crippen molar-refractivity contribution in [3.63, 3.8) is 0 Å². The van der Waals surface area contributed by atoms with Gasteiger partial charge in [0, 0.05) is 36.8 Å². The molecule has 1 aliphatic heterocycles. The molecule has 1 saturated heterocycles. The molecule has 0 radical (unpaired) electrons. The number of benzene rings is 1. The van der Waals surface area contributed by atoms with Crippen LogP contribution in [0.2, 0.25) is 0 Å². The fourth-order valence-electron chi connectivity index (χ4n) is 3.00. The molecule has 2 fully saturated rings. The molecule has 3 nitrogen and oxygen atoms in total. The Morgan fingerprint density at radius 2 is 2.19 bits per heavy atom. The molecule has 1 aromatic carbocycles. The molecule has 0 aromatic heterocycles. The summed E-state index contributed by atoms with van der Waals surface area (Å²) in [5.74, 6) is 0. The van der Waals surface area contributed by atoms with Gasteiger partial charge in [-0.1, -0.05) is 6.07 Å². The predicted molar refractivity (Wildman–Crippen MR) is 90.9 cm³/mol. The van der Waals surface area contributed by atoms with Crippen LogP contribution in [0.15, 0.2) is 22.7 Å². The molecule has 21 heavy (non-hydrogen) atoms. The monoisotopic (exact) mass is 352 g/mol. The molecule has 0 bridgehead atoms. The second-order valence-corrected chi connectivity index (χ2v) is 6.96. The standard InChI is InChI=1S/C17H25BrN2O/c1-2-21-15-4-3-9-20(12-15)17-8-5-13(10-16(17)18)11-19-14-6-7-14/h5,8,10,14-15,19H,2-4,6-7,9,11-12H2,1H3. The van der Waals surface area contributed by atoms with Crippen molar-refractivity contribution in [1.29, 1.82) is 0 Å². The Kier molecular flexibility index (Phi) is 5.19. The van der Waals surface area contributed by atoms with E-state index in [1.54, 1.807) is 0 Å². The van der Waals surface area contributed by atoms with Gasteiger partial charge in [-0.05, 0) is 66.2 Å². The first kappa shape index (κ1) is 15.3. The number of ether oxygens (including phenoxy) is 1. The average molecular weight is 353 g/mol. The molecule has 0 spiro atoms. The number of rotatable bonds is 6. The van der Waals surface area contributed by atoms with Crippen molar-refractivity contribution in [2.24, 2.45) is 0 Å². The van der Waals surface area contributed by atoms with E-state index in [1.165, 1.54) is 41.4 Å². The predicted octanol–water partition coefficient (Wildman–Crippen LogP) is 3.71. The van der Waals surface area contributed by atoms with E-state index in [0.717, 1.165) is 32.3 Å². The third-order valence-electron chi connectivity index (χ3n) is 4.31. The fraction of sp³-hybridized carbons (Fsp3) is 0.647. The van der Waals surface area contributed by atoms with E-state index in [1.807, 2.05) is 0 Å². The van der Waals surface area contributed by atoms with E-state index >= 15 is 0 Å². The van der Waals surface area contributed by atoms with Crippen molar-refractivity contribution in [2.75, 3.05) is 24.6 Å². The van der Waals surface area contributed by atoms with Crippen molar-refractivity contribution in [1.82, 2.24) is 5.32 Å². The van der Waals surface area contributed by atoms with Gasteiger partial charge in [0.15, 0.2) is 0 Å². The minimum atomic E-state index is 0.381. The lowest BCUT2D eigenvalue weighted by Gasteiger charge is -2.34. The van der Waals surface area contributed by atoms with Crippen LogP contribution in [0.3, 0.4) is 0 Å². The summed E-state index contributed by atoms with van der Waals surface area (Å²) in [5.41, 5.74) is 2.66. The van der Waals surface area contributed by atoms with Crippen molar-refractivity contribution in [3.05, 3.63) is 28.2 Å². The molecule has 1 aliphatic carbocycles. The Morgan fingerprint density at radius 3 is 2.90 bits per heavy atom. The van der Waals surface area contributed by atoms with Crippen molar-refractivity contribution >= 4 is 21.6 Å². The van der Waals surface area contributed by atoms with Crippen LogP contribution in [0, 0.1) is 0 Å². The van der Waals surface area contributed by atoms with Gasteiger partial charge >= 0.3 is 0 Å². The van der Waals surface area contributed by atoms with Gasteiger partial charge in [0.2, 0.25) is 0 Å². The highest BCUT2D eigenvalue weighted by Crippen LogP contribution is 2.30. The normalized spacial score (nSPS) is 22.6. The number of halogens is 1. The molecule has 1 atom stereocenters. The van der Waals surface area contributed by atoms with Gasteiger partial charge in [0.25, 0.3) is 0 Å². The molecule has 1 N–H and O–H groups in total. The van der Waals surface area contributed by atoms with Crippen LogP contribution in [0.5, 0.6) is 0 Å². The molecule has 2 aliphatic rings. The van der Waals surface area contributed by atoms with Crippen LogP contribution in [-0.4, -0.2) is 31.8 Å². The second-order valence-electron chi connectivity index (χ2n) is 6.11. The highest BCUT2D eigenvalue weighted by molar-refractivity contribution is 9.10. The number of hydrogen-bond donors (Lipinski definition) is 1. The first-order valence-corrected chi connectivity index (χ1v) is 8.94. The van der Waals surface area contributed by atoms with Crippen LogP contribution in [-0.2, 0) is 11.3 Å². The largest absolute Gasteiger partial charge is 0.377 e. The average Bonchev–Trinajstić information content (AvgIpc) is 3.30. The Balaban J connectivity index is 1.63. The van der Waals surface area contributed by atoms with Gasteiger partial charge in [-0.2, -0.15) is 0 Å². The van der Waals surface area contributed by atoms with Gasteiger partial charge in [-0.3, -0.25) is 0 Å². The molecule has 1 aromatic rings. The third kappa shape index (κ3) is 4.21. The summed E-state index contributed by atoms with van der Waals surface area (Å²) in [7, 11) is 0. The Hall–Kier alpha value is -0.580.